The number of carboxylic acid groups (broad SMARTS) is 1. The highest BCUT2D eigenvalue weighted by molar-refractivity contribution is 6.38. The lowest BCUT2D eigenvalue weighted by atomic mass is 10.0. The van der Waals surface area contributed by atoms with Gasteiger partial charge in [0.15, 0.2) is 0 Å². The van der Waals surface area contributed by atoms with E-state index in [-0.39, 0.29) is 46.0 Å². The number of pyridine rings is 1. The number of alkyl carbamates (subject to hydrolysis) is 1. The number of nitrogens with zero attached hydrogens (tertiary/aromatic N) is 2. The predicted octanol–water partition coefficient (Wildman–Crippen LogP) is 4.27. The summed E-state index contributed by atoms with van der Waals surface area (Å²) in [5.41, 5.74) is -2.20. The summed E-state index contributed by atoms with van der Waals surface area (Å²) < 4.78 is 36.2. The summed E-state index contributed by atoms with van der Waals surface area (Å²) in [4.78, 5) is 38.5. The van der Waals surface area contributed by atoms with Gasteiger partial charge in [-0.1, -0.05) is 11.6 Å². The zero-order valence-corrected chi connectivity index (χ0v) is 20.3. The van der Waals surface area contributed by atoms with Crippen LogP contribution in [0, 0.1) is 11.2 Å². The molecule has 2 saturated carbocycles. The van der Waals surface area contributed by atoms with Gasteiger partial charge in [0, 0.05) is 31.1 Å². The Balaban J connectivity index is 1.55. The number of alkyl halides is 1. The SMILES string of the molecule is CC(C)(C)OC(=O)N[C@H]1CN(c2c(F)cc3c(=O)c(C(=O)O)cn(C4CC4F)c3c2Cl)CC12CC2. The Morgan fingerprint density at radius 1 is 1.31 bits per heavy atom. The Labute approximate surface area is 204 Å². The number of aromatic nitrogens is 1. The van der Waals surface area contributed by atoms with Crippen molar-refractivity contribution in [1.82, 2.24) is 9.88 Å². The maximum absolute atomic E-state index is 15.4. The maximum Gasteiger partial charge on any atom is 0.407 e. The van der Waals surface area contributed by atoms with Crippen LogP contribution in [0.25, 0.3) is 10.9 Å². The van der Waals surface area contributed by atoms with E-state index in [2.05, 4.69) is 5.32 Å². The summed E-state index contributed by atoms with van der Waals surface area (Å²) in [6.45, 7) is 6.00. The van der Waals surface area contributed by atoms with Crippen LogP contribution in [0.4, 0.5) is 19.3 Å². The first-order chi connectivity index (χ1) is 16.3. The van der Waals surface area contributed by atoms with E-state index in [1.165, 1.54) is 4.57 Å². The molecule has 1 aromatic heterocycles. The molecule has 1 saturated heterocycles. The Bertz CT molecular complexity index is 1320. The Kier molecular flexibility index (Phi) is 5.32. The molecular weight excluding hydrogens is 484 g/mol. The summed E-state index contributed by atoms with van der Waals surface area (Å²) in [6.07, 6.45) is 1.15. The van der Waals surface area contributed by atoms with Crippen molar-refractivity contribution < 1.29 is 28.2 Å². The second kappa shape index (κ2) is 7.81. The zero-order chi connectivity index (χ0) is 25.4. The van der Waals surface area contributed by atoms with Gasteiger partial charge in [-0.15, -0.1) is 0 Å². The molecule has 0 bridgehead atoms. The Hall–Kier alpha value is -2.88. The van der Waals surface area contributed by atoms with Crippen molar-refractivity contribution in [1.29, 1.82) is 0 Å². The number of anilines is 1. The van der Waals surface area contributed by atoms with Gasteiger partial charge in [0.1, 0.15) is 23.2 Å². The van der Waals surface area contributed by atoms with Crippen LogP contribution in [-0.2, 0) is 4.74 Å². The number of carboxylic acids is 1. The predicted molar refractivity (Wildman–Crippen MR) is 126 cm³/mol. The molecular formula is C24H26ClF2N3O5. The summed E-state index contributed by atoms with van der Waals surface area (Å²) in [7, 11) is 0. The number of halogens is 3. The first-order valence-corrected chi connectivity index (χ1v) is 11.9. The molecule has 2 N–H and O–H groups in total. The van der Waals surface area contributed by atoms with Crippen LogP contribution in [0.5, 0.6) is 0 Å². The van der Waals surface area contributed by atoms with Crippen LogP contribution < -0.4 is 15.6 Å². The van der Waals surface area contributed by atoms with E-state index < -0.39 is 46.7 Å². The van der Waals surface area contributed by atoms with Gasteiger partial charge in [0.2, 0.25) is 5.43 Å². The number of benzene rings is 1. The highest BCUT2D eigenvalue weighted by Gasteiger charge is 2.56. The van der Waals surface area contributed by atoms with E-state index in [1.807, 2.05) is 0 Å². The molecule has 1 amide bonds. The molecule has 2 heterocycles. The molecule has 1 aliphatic heterocycles. The standard InChI is InChI=1S/C24H26ClF2N3O5/c1-23(2,3)35-22(34)28-16-9-29(10-24(16)4-5-24)19-14(27)6-11-18(17(19)25)30(15-7-13(15)26)8-12(20(11)31)21(32)33/h6,8,13,15-16H,4-5,7,9-10H2,1-3H3,(H,28,34)(H,32,33)/t13?,15?,16-/m0/s1. The number of ether oxygens (including phenoxy) is 1. The number of hydrogen-bond acceptors (Lipinski definition) is 5. The molecule has 3 fully saturated rings. The third kappa shape index (κ3) is 4.11. The van der Waals surface area contributed by atoms with E-state index in [1.54, 1.807) is 25.7 Å². The molecule has 5 rings (SSSR count). The summed E-state index contributed by atoms with van der Waals surface area (Å²) in [5, 5.41) is 12.0. The van der Waals surface area contributed by atoms with Crippen molar-refractivity contribution in [3.05, 3.63) is 38.9 Å². The molecule has 35 heavy (non-hydrogen) atoms. The van der Waals surface area contributed by atoms with Crippen LogP contribution in [0.2, 0.25) is 5.02 Å². The average molecular weight is 510 g/mol. The minimum Gasteiger partial charge on any atom is -0.477 e. The van der Waals surface area contributed by atoms with Gasteiger partial charge in [-0.05, 0) is 39.7 Å². The quantitative estimate of drug-likeness (QED) is 0.638. The number of carbonyl (C=O) groups is 2. The lowest BCUT2D eigenvalue weighted by Gasteiger charge is -2.24. The van der Waals surface area contributed by atoms with Crippen molar-refractivity contribution in [3.8, 4) is 0 Å². The van der Waals surface area contributed by atoms with Gasteiger partial charge in [0.25, 0.3) is 0 Å². The molecule has 2 unspecified atom stereocenters. The molecule has 8 nitrogen and oxygen atoms in total. The van der Waals surface area contributed by atoms with Crippen molar-refractivity contribution in [2.45, 2.75) is 63.9 Å². The normalized spacial score (nSPS) is 24.6. The van der Waals surface area contributed by atoms with E-state index in [9.17, 15) is 23.9 Å². The molecule has 1 aromatic carbocycles. The number of aromatic carboxylic acids is 1. The fourth-order valence-corrected chi connectivity index (χ4v) is 5.44. The molecule has 3 atom stereocenters. The van der Waals surface area contributed by atoms with Gasteiger partial charge < -0.3 is 24.6 Å². The average Bonchev–Trinajstić information content (AvgIpc) is 3.62. The third-order valence-corrected chi connectivity index (χ3v) is 7.36. The Morgan fingerprint density at radius 2 is 1.97 bits per heavy atom. The van der Waals surface area contributed by atoms with Gasteiger partial charge in [0.05, 0.1) is 33.7 Å². The molecule has 0 radical (unpaired) electrons. The zero-order valence-electron chi connectivity index (χ0n) is 19.5. The van der Waals surface area contributed by atoms with Crippen LogP contribution in [0.15, 0.2) is 17.1 Å². The van der Waals surface area contributed by atoms with E-state index >= 15 is 4.39 Å². The topological polar surface area (TPSA) is 101 Å². The molecule has 3 aliphatic rings. The largest absolute Gasteiger partial charge is 0.477 e. The van der Waals surface area contributed by atoms with Crippen molar-refractivity contribution >= 4 is 40.3 Å². The number of rotatable bonds is 4. The van der Waals surface area contributed by atoms with Crippen LogP contribution in [0.3, 0.4) is 0 Å². The fourth-order valence-electron chi connectivity index (χ4n) is 5.03. The summed E-state index contributed by atoms with van der Waals surface area (Å²) in [5.74, 6) is -2.26. The number of amides is 1. The van der Waals surface area contributed by atoms with Crippen LogP contribution in [-0.4, -0.2) is 52.6 Å². The lowest BCUT2D eigenvalue weighted by molar-refractivity contribution is 0.0493. The van der Waals surface area contributed by atoms with Gasteiger partial charge in [-0.3, -0.25) is 4.79 Å². The summed E-state index contributed by atoms with van der Waals surface area (Å²) in [6, 6.07) is 0.00623. The van der Waals surface area contributed by atoms with E-state index in [4.69, 9.17) is 16.3 Å². The first-order valence-electron chi connectivity index (χ1n) is 11.5. The minimum absolute atomic E-state index is 0.0474. The van der Waals surface area contributed by atoms with Gasteiger partial charge >= 0.3 is 12.1 Å². The second-order valence-corrected chi connectivity index (χ2v) is 11.1. The van der Waals surface area contributed by atoms with Crippen molar-refractivity contribution in [2.24, 2.45) is 5.41 Å². The number of nitrogens with one attached hydrogen (secondary N) is 1. The van der Waals surface area contributed by atoms with Crippen LogP contribution >= 0.6 is 11.6 Å². The summed E-state index contributed by atoms with van der Waals surface area (Å²) >= 11 is 6.69. The smallest absolute Gasteiger partial charge is 0.407 e. The fraction of sp³-hybridized carbons (Fsp3) is 0.542. The van der Waals surface area contributed by atoms with Crippen LogP contribution in [0.1, 0.15) is 56.4 Å². The first kappa shape index (κ1) is 23.8. The Morgan fingerprint density at radius 3 is 2.51 bits per heavy atom. The molecule has 11 heteroatoms. The van der Waals surface area contributed by atoms with Gasteiger partial charge in [-0.2, -0.15) is 0 Å². The maximum atomic E-state index is 15.4. The number of carbonyl (C=O) groups excluding carboxylic acids is 1. The second-order valence-electron chi connectivity index (χ2n) is 10.8. The molecule has 2 aromatic rings. The van der Waals surface area contributed by atoms with Crippen molar-refractivity contribution in [3.63, 3.8) is 0 Å². The lowest BCUT2D eigenvalue weighted by Crippen LogP contribution is -2.44. The molecule has 2 aliphatic carbocycles. The highest BCUT2D eigenvalue weighted by atomic mass is 35.5. The monoisotopic (exact) mass is 509 g/mol. The van der Waals surface area contributed by atoms with Gasteiger partial charge in [-0.25, -0.2) is 18.4 Å². The van der Waals surface area contributed by atoms with E-state index in [0.29, 0.717) is 6.54 Å². The highest BCUT2D eigenvalue weighted by Crippen LogP contribution is 2.55. The number of fused-ring (bicyclic) bond motifs is 1. The van der Waals surface area contributed by atoms with Crippen molar-refractivity contribution in [2.75, 3.05) is 18.0 Å². The third-order valence-electron chi connectivity index (χ3n) is 7.00. The van der Waals surface area contributed by atoms with E-state index in [0.717, 1.165) is 25.1 Å². The molecule has 1 spiro atoms. The minimum atomic E-state index is -1.48. The number of hydrogen-bond donors (Lipinski definition) is 2. The molecule has 188 valence electrons.